The molecule has 0 aliphatic heterocycles. The second-order valence-electron chi connectivity index (χ2n) is 5.62. The zero-order valence-corrected chi connectivity index (χ0v) is 16.0. The third-order valence-electron chi connectivity index (χ3n) is 3.59. The Morgan fingerprint density at radius 1 is 1.04 bits per heavy atom. The van der Waals surface area contributed by atoms with Gasteiger partial charge in [0.15, 0.2) is 0 Å². The summed E-state index contributed by atoms with van der Waals surface area (Å²) in [7, 11) is -3.86. The summed E-state index contributed by atoms with van der Waals surface area (Å²) in [5.41, 5.74) is 3.65. The monoisotopic (exact) mass is 414 g/mol. The first-order chi connectivity index (χ1) is 13.4. The maximum absolute atomic E-state index is 12.5. The highest BCUT2D eigenvalue weighted by atomic mass is 35.5. The van der Waals surface area contributed by atoms with Crippen molar-refractivity contribution < 1.29 is 13.2 Å². The molecule has 0 fully saturated rings. The van der Waals surface area contributed by atoms with E-state index in [-0.39, 0.29) is 10.5 Å². The molecule has 1 amide bonds. The van der Waals surface area contributed by atoms with Crippen molar-refractivity contribution in [2.75, 3.05) is 4.72 Å². The molecule has 0 atom stereocenters. The molecule has 28 heavy (non-hydrogen) atoms. The SMILES string of the molecule is O=C(N/N=C\c1ccncc1)c1cccc(S(=O)(=O)Nc2ccc(Cl)cc2)c1. The van der Waals surface area contributed by atoms with Crippen LogP contribution in [-0.4, -0.2) is 25.5 Å². The number of carbonyl (C=O) groups excluding carboxylic acids is 1. The molecule has 1 aromatic heterocycles. The number of rotatable bonds is 6. The zero-order chi connectivity index (χ0) is 20.0. The fourth-order valence-electron chi connectivity index (χ4n) is 2.22. The highest BCUT2D eigenvalue weighted by Gasteiger charge is 2.16. The number of carbonyl (C=O) groups is 1. The summed E-state index contributed by atoms with van der Waals surface area (Å²) in [4.78, 5) is 16.1. The van der Waals surface area contributed by atoms with Crippen molar-refractivity contribution in [2.24, 2.45) is 5.10 Å². The van der Waals surface area contributed by atoms with Gasteiger partial charge in [0.2, 0.25) is 0 Å². The van der Waals surface area contributed by atoms with E-state index in [9.17, 15) is 13.2 Å². The number of sulfonamides is 1. The Labute approximate surface area is 167 Å². The summed E-state index contributed by atoms with van der Waals surface area (Å²) in [6, 6.07) is 15.3. The van der Waals surface area contributed by atoms with Gasteiger partial charge in [-0.2, -0.15) is 5.10 Å². The van der Waals surface area contributed by atoms with Crippen molar-refractivity contribution in [1.82, 2.24) is 10.4 Å². The van der Waals surface area contributed by atoms with Crippen LogP contribution >= 0.6 is 11.6 Å². The molecule has 2 aromatic carbocycles. The summed E-state index contributed by atoms with van der Waals surface area (Å²) >= 11 is 5.80. The van der Waals surface area contributed by atoms with E-state index in [4.69, 9.17) is 11.6 Å². The average Bonchev–Trinajstić information content (AvgIpc) is 2.70. The summed E-state index contributed by atoms with van der Waals surface area (Å²) in [6.45, 7) is 0. The van der Waals surface area contributed by atoms with E-state index in [0.717, 1.165) is 5.56 Å². The van der Waals surface area contributed by atoms with Crippen LogP contribution in [0.4, 0.5) is 5.69 Å². The topological polar surface area (TPSA) is 101 Å². The van der Waals surface area contributed by atoms with Gasteiger partial charge in [0.1, 0.15) is 0 Å². The smallest absolute Gasteiger partial charge is 0.271 e. The van der Waals surface area contributed by atoms with Gasteiger partial charge < -0.3 is 0 Å². The van der Waals surface area contributed by atoms with Gasteiger partial charge in [-0.3, -0.25) is 14.5 Å². The van der Waals surface area contributed by atoms with Crippen molar-refractivity contribution in [2.45, 2.75) is 4.90 Å². The molecule has 0 radical (unpaired) electrons. The summed E-state index contributed by atoms with van der Waals surface area (Å²) in [6.07, 6.45) is 4.67. The minimum atomic E-state index is -3.86. The van der Waals surface area contributed by atoms with Gasteiger partial charge in [-0.25, -0.2) is 13.8 Å². The van der Waals surface area contributed by atoms with Gasteiger partial charge in [-0.1, -0.05) is 17.7 Å². The Morgan fingerprint density at radius 2 is 1.75 bits per heavy atom. The maximum atomic E-state index is 12.5. The lowest BCUT2D eigenvalue weighted by Gasteiger charge is -2.09. The predicted octanol–water partition coefficient (Wildman–Crippen LogP) is 3.30. The second kappa shape index (κ2) is 8.64. The molecule has 2 N–H and O–H groups in total. The Morgan fingerprint density at radius 3 is 2.46 bits per heavy atom. The van der Waals surface area contributed by atoms with Crippen LogP contribution in [-0.2, 0) is 10.0 Å². The Kier molecular flexibility index (Phi) is 6.03. The van der Waals surface area contributed by atoms with Crippen LogP contribution in [0, 0.1) is 0 Å². The first kappa shape index (κ1) is 19.5. The van der Waals surface area contributed by atoms with Crippen LogP contribution in [0.2, 0.25) is 5.02 Å². The lowest BCUT2D eigenvalue weighted by Crippen LogP contribution is -2.19. The fourth-order valence-corrected chi connectivity index (χ4v) is 3.45. The van der Waals surface area contributed by atoms with Gasteiger partial charge in [-0.05, 0) is 60.2 Å². The van der Waals surface area contributed by atoms with Gasteiger partial charge in [0.25, 0.3) is 15.9 Å². The Balaban J connectivity index is 1.72. The molecule has 9 heteroatoms. The summed E-state index contributed by atoms with van der Waals surface area (Å²) < 4.78 is 27.5. The zero-order valence-electron chi connectivity index (χ0n) is 14.4. The molecule has 142 valence electrons. The van der Waals surface area contributed by atoms with Gasteiger partial charge in [-0.15, -0.1) is 0 Å². The third-order valence-corrected chi connectivity index (χ3v) is 5.22. The standard InChI is InChI=1S/C19H15ClN4O3S/c20-16-4-6-17(7-5-16)24-28(26,27)18-3-1-2-15(12-18)19(25)23-22-13-14-8-10-21-11-9-14/h1-13,24H,(H,23,25)/b22-13-. The number of nitrogens with one attached hydrogen (secondary N) is 2. The largest absolute Gasteiger partial charge is 0.280 e. The van der Waals surface area contributed by atoms with Crippen molar-refractivity contribution >= 4 is 39.4 Å². The van der Waals surface area contributed by atoms with E-state index < -0.39 is 15.9 Å². The van der Waals surface area contributed by atoms with Crippen molar-refractivity contribution in [3.8, 4) is 0 Å². The number of nitrogens with zero attached hydrogens (tertiary/aromatic N) is 2. The van der Waals surface area contributed by atoms with Crippen LogP contribution in [0.1, 0.15) is 15.9 Å². The van der Waals surface area contributed by atoms with E-state index in [1.54, 1.807) is 48.8 Å². The Bertz CT molecular complexity index is 1100. The third kappa shape index (κ3) is 5.15. The predicted molar refractivity (Wildman–Crippen MR) is 108 cm³/mol. The quantitative estimate of drug-likeness (QED) is 0.477. The number of hydrogen-bond acceptors (Lipinski definition) is 5. The number of benzene rings is 2. The summed E-state index contributed by atoms with van der Waals surface area (Å²) in [5, 5.41) is 4.35. The molecule has 0 saturated carbocycles. The molecular formula is C19H15ClN4O3S. The molecule has 0 bridgehead atoms. The molecule has 1 heterocycles. The van der Waals surface area contributed by atoms with E-state index in [0.29, 0.717) is 10.7 Å². The highest BCUT2D eigenvalue weighted by Crippen LogP contribution is 2.19. The first-order valence-electron chi connectivity index (χ1n) is 8.06. The summed E-state index contributed by atoms with van der Waals surface area (Å²) in [5.74, 6) is -0.533. The number of amides is 1. The van der Waals surface area contributed by atoms with Crippen LogP contribution in [0.25, 0.3) is 0 Å². The average molecular weight is 415 g/mol. The second-order valence-corrected chi connectivity index (χ2v) is 7.74. The molecule has 7 nitrogen and oxygen atoms in total. The first-order valence-corrected chi connectivity index (χ1v) is 9.92. The Hall–Kier alpha value is -3.23. The number of anilines is 1. The van der Waals surface area contributed by atoms with Crippen LogP contribution < -0.4 is 10.1 Å². The highest BCUT2D eigenvalue weighted by molar-refractivity contribution is 7.92. The normalized spacial score (nSPS) is 11.3. The van der Waals surface area contributed by atoms with Gasteiger partial charge >= 0.3 is 0 Å². The minimum absolute atomic E-state index is 0.0480. The lowest BCUT2D eigenvalue weighted by atomic mass is 10.2. The molecule has 3 aromatic rings. The van der Waals surface area contributed by atoms with Crippen molar-refractivity contribution in [3.63, 3.8) is 0 Å². The number of hydrazone groups is 1. The number of aromatic nitrogens is 1. The molecule has 0 spiro atoms. The number of hydrogen-bond donors (Lipinski definition) is 2. The van der Waals surface area contributed by atoms with Crippen molar-refractivity contribution in [3.05, 3.63) is 89.2 Å². The van der Waals surface area contributed by atoms with E-state index >= 15 is 0 Å². The number of halogens is 1. The van der Waals surface area contributed by atoms with Crippen molar-refractivity contribution in [1.29, 1.82) is 0 Å². The molecule has 0 aliphatic rings. The molecule has 0 aliphatic carbocycles. The van der Waals surface area contributed by atoms with Crippen LogP contribution in [0.15, 0.2) is 83.1 Å². The van der Waals surface area contributed by atoms with Gasteiger partial charge in [0.05, 0.1) is 11.1 Å². The lowest BCUT2D eigenvalue weighted by molar-refractivity contribution is 0.0955. The van der Waals surface area contributed by atoms with E-state index in [1.807, 2.05) is 0 Å². The van der Waals surface area contributed by atoms with Crippen LogP contribution in [0.5, 0.6) is 0 Å². The maximum Gasteiger partial charge on any atom is 0.271 e. The molecule has 0 saturated heterocycles. The number of pyridine rings is 1. The molecular weight excluding hydrogens is 400 g/mol. The minimum Gasteiger partial charge on any atom is -0.280 e. The van der Waals surface area contributed by atoms with Gasteiger partial charge in [0, 0.05) is 28.7 Å². The van der Waals surface area contributed by atoms with Crippen LogP contribution in [0.3, 0.4) is 0 Å². The molecule has 3 rings (SSSR count). The molecule has 0 unspecified atom stereocenters. The van der Waals surface area contributed by atoms with E-state index in [1.165, 1.54) is 30.5 Å². The van der Waals surface area contributed by atoms with E-state index in [2.05, 4.69) is 20.2 Å². The fraction of sp³-hybridized carbons (Fsp3) is 0.